The van der Waals surface area contributed by atoms with Crippen LogP contribution >= 0.6 is 0 Å². The average molecular weight is 269 g/mol. The summed E-state index contributed by atoms with van der Waals surface area (Å²) in [6, 6.07) is 7.34. The molecule has 1 heterocycles. The van der Waals surface area contributed by atoms with Gasteiger partial charge in [-0.3, -0.25) is 4.90 Å². The number of nitrogens with zero attached hydrogens (tertiary/aromatic N) is 1. The number of hydrogen-bond acceptors (Lipinski definition) is 4. The number of benzene rings is 1. The van der Waals surface area contributed by atoms with Crippen molar-refractivity contribution in [1.82, 2.24) is 4.90 Å². The number of ether oxygens (including phenoxy) is 2. The van der Waals surface area contributed by atoms with Gasteiger partial charge in [0.2, 0.25) is 0 Å². The van der Waals surface area contributed by atoms with Crippen LogP contribution in [-0.4, -0.2) is 55.6 Å². The van der Waals surface area contributed by atoms with Gasteiger partial charge >= 0.3 is 0 Å². The molecule has 0 bridgehead atoms. The fourth-order valence-corrected chi connectivity index (χ4v) is 2.40. The molecule has 1 aliphatic heterocycles. The van der Waals surface area contributed by atoms with Crippen LogP contribution in [0.2, 0.25) is 0 Å². The highest BCUT2D eigenvalue weighted by atomic mass is 19.1. The van der Waals surface area contributed by atoms with E-state index >= 15 is 0 Å². The number of likely N-dealkylation sites (tertiary alicyclic amines) is 1. The standard InChI is InChI=1S/C14H20FNO3/c1-18-13-4-2-3-5-14(13)19-7-6-16-9-11(15)8-12(16)10-17/h2-5,11-12,17H,6-10H2,1H3/t11-,12-/m0/s1. The molecule has 0 aliphatic carbocycles. The first-order chi connectivity index (χ1) is 9.24. The Morgan fingerprint density at radius 1 is 1.37 bits per heavy atom. The van der Waals surface area contributed by atoms with Crippen molar-refractivity contribution in [2.45, 2.75) is 18.6 Å². The van der Waals surface area contributed by atoms with E-state index in [1.807, 2.05) is 29.2 Å². The number of para-hydroxylation sites is 2. The first kappa shape index (κ1) is 14.1. The summed E-state index contributed by atoms with van der Waals surface area (Å²) in [6.45, 7) is 1.42. The van der Waals surface area contributed by atoms with Gasteiger partial charge in [0.25, 0.3) is 0 Å². The van der Waals surface area contributed by atoms with Crippen LogP contribution in [0, 0.1) is 0 Å². The lowest BCUT2D eigenvalue weighted by Gasteiger charge is -2.22. The molecule has 0 aromatic heterocycles. The van der Waals surface area contributed by atoms with E-state index in [0.29, 0.717) is 37.6 Å². The van der Waals surface area contributed by atoms with Crippen LogP contribution in [0.15, 0.2) is 24.3 Å². The van der Waals surface area contributed by atoms with Gasteiger partial charge in [0.05, 0.1) is 13.7 Å². The Kier molecular flexibility index (Phi) is 4.99. The Hall–Kier alpha value is -1.33. The van der Waals surface area contributed by atoms with Crippen LogP contribution in [0.5, 0.6) is 11.5 Å². The van der Waals surface area contributed by atoms with Gasteiger partial charge in [-0.05, 0) is 18.6 Å². The van der Waals surface area contributed by atoms with Gasteiger partial charge in [0, 0.05) is 19.1 Å². The zero-order chi connectivity index (χ0) is 13.7. The van der Waals surface area contributed by atoms with Crippen molar-refractivity contribution < 1.29 is 19.0 Å². The SMILES string of the molecule is COc1ccccc1OCCN1C[C@@H](F)C[C@H]1CO. The molecule has 1 aliphatic rings. The molecule has 19 heavy (non-hydrogen) atoms. The molecule has 0 saturated carbocycles. The fraction of sp³-hybridized carbons (Fsp3) is 0.571. The number of aliphatic hydroxyl groups is 1. The first-order valence-corrected chi connectivity index (χ1v) is 6.49. The van der Waals surface area contributed by atoms with Gasteiger partial charge in [0.1, 0.15) is 12.8 Å². The number of halogens is 1. The van der Waals surface area contributed by atoms with Crippen molar-refractivity contribution in [2.75, 3.05) is 33.4 Å². The second-order valence-electron chi connectivity index (χ2n) is 4.66. The third-order valence-electron chi connectivity index (χ3n) is 3.39. The molecule has 1 aromatic carbocycles. The monoisotopic (exact) mass is 269 g/mol. The molecule has 1 N–H and O–H groups in total. The predicted molar refractivity (Wildman–Crippen MR) is 70.4 cm³/mol. The molecule has 2 atom stereocenters. The largest absolute Gasteiger partial charge is 0.493 e. The minimum absolute atomic E-state index is 0.00488. The molecule has 5 heteroatoms. The molecule has 0 amide bonds. The highest BCUT2D eigenvalue weighted by Crippen LogP contribution is 2.26. The van der Waals surface area contributed by atoms with Gasteiger partial charge in [-0.2, -0.15) is 0 Å². The van der Waals surface area contributed by atoms with Gasteiger partial charge in [0.15, 0.2) is 11.5 Å². The smallest absolute Gasteiger partial charge is 0.161 e. The third kappa shape index (κ3) is 3.58. The van der Waals surface area contributed by atoms with E-state index < -0.39 is 6.17 Å². The Balaban J connectivity index is 1.83. The van der Waals surface area contributed by atoms with Gasteiger partial charge in [-0.1, -0.05) is 12.1 Å². The molecule has 4 nitrogen and oxygen atoms in total. The van der Waals surface area contributed by atoms with E-state index in [2.05, 4.69) is 0 Å². The number of alkyl halides is 1. The van der Waals surface area contributed by atoms with Crippen molar-refractivity contribution in [3.63, 3.8) is 0 Å². The molecule has 106 valence electrons. The Labute approximate surface area is 112 Å². The summed E-state index contributed by atoms with van der Waals surface area (Å²) in [5.41, 5.74) is 0. The lowest BCUT2D eigenvalue weighted by Crippen LogP contribution is -2.35. The second kappa shape index (κ2) is 6.73. The maximum atomic E-state index is 13.3. The minimum atomic E-state index is -0.844. The van der Waals surface area contributed by atoms with Crippen molar-refractivity contribution >= 4 is 0 Å². The molecule has 0 spiro atoms. The van der Waals surface area contributed by atoms with E-state index in [1.165, 1.54) is 0 Å². The number of hydrogen-bond donors (Lipinski definition) is 1. The zero-order valence-corrected chi connectivity index (χ0v) is 11.1. The van der Waals surface area contributed by atoms with Crippen molar-refractivity contribution in [2.24, 2.45) is 0 Å². The molecule has 1 aromatic rings. The van der Waals surface area contributed by atoms with Crippen LogP contribution in [-0.2, 0) is 0 Å². The quantitative estimate of drug-likeness (QED) is 0.849. The summed E-state index contributed by atoms with van der Waals surface area (Å²) in [6.07, 6.45) is -0.436. The van der Waals surface area contributed by atoms with Crippen LogP contribution in [0.25, 0.3) is 0 Å². The van der Waals surface area contributed by atoms with Crippen molar-refractivity contribution in [3.8, 4) is 11.5 Å². The number of aliphatic hydroxyl groups excluding tert-OH is 1. The molecular weight excluding hydrogens is 249 g/mol. The van der Waals surface area contributed by atoms with E-state index in [0.717, 1.165) is 0 Å². The van der Waals surface area contributed by atoms with Crippen molar-refractivity contribution in [3.05, 3.63) is 24.3 Å². The molecule has 1 saturated heterocycles. The fourth-order valence-electron chi connectivity index (χ4n) is 2.40. The minimum Gasteiger partial charge on any atom is -0.493 e. The summed E-state index contributed by atoms with van der Waals surface area (Å²) < 4.78 is 24.1. The van der Waals surface area contributed by atoms with Gasteiger partial charge < -0.3 is 14.6 Å². The maximum absolute atomic E-state index is 13.3. The molecule has 1 fully saturated rings. The topological polar surface area (TPSA) is 41.9 Å². The normalized spacial score (nSPS) is 23.5. The summed E-state index contributed by atoms with van der Waals surface area (Å²) in [5.74, 6) is 1.37. The van der Waals surface area contributed by atoms with Crippen LogP contribution in [0.1, 0.15) is 6.42 Å². The molecule has 0 unspecified atom stereocenters. The summed E-state index contributed by atoms with van der Waals surface area (Å²) in [7, 11) is 1.60. The number of rotatable bonds is 6. The summed E-state index contributed by atoms with van der Waals surface area (Å²) in [5, 5.41) is 9.18. The Morgan fingerprint density at radius 2 is 2.11 bits per heavy atom. The summed E-state index contributed by atoms with van der Waals surface area (Å²) in [4.78, 5) is 1.93. The van der Waals surface area contributed by atoms with Crippen LogP contribution in [0.3, 0.4) is 0 Å². The van der Waals surface area contributed by atoms with Gasteiger partial charge in [-0.15, -0.1) is 0 Å². The Morgan fingerprint density at radius 3 is 2.79 bits per heavy atom. The maximum Gasteiger partial charge on any atom is 0.161 e. The summed E-state index contributed by atoms with van der Waals surface area (Å²) >= 11 is 0. The second-order valence-corrected chi connectivity index (χ2v) is 4.66. The lowest BCUT2D eigenvalue weighted by atomic mass is 10.2. The van der Waals surface area contributed by atoms with Crippen LogP contribution < -0.4 is 9.47 Å². The van der Waals surface area contributed by atoms with Crippen LogP contribution in [0.4, 0.5) is 4.39 Å². The van der Waals surface area contributed by atoms with Gasteiger partial charge in [-0.25, -0.2) is 4.39 Å². The molecule has 2 rings (SSSR count). The zero-order valence-electron chi connectivity index (χ0n) is 11.1. The number of methoxy groups -OCH3 is 1. The van der Waals surface area contributed by atoms with E-state index in [1.54, 1.807) is 7.11 Å². The van der Waals surface area contributed by atoms with Crippen molar-refractivity contribution in [1.29, 1.82) is 0 Å². The highest BCUT2D eigenvalue weighted by molar-refractivity contribution is 5.39. The Bertz CT molecular complexity index is 402. The molecular formula is C14H20FNO3. The first-order valence-electron chi connectivity index (χ1n) is 6.49. The lowest BCUT2D eigenvalue weighted by molar-refractivity contribution is 0.137. The highest BCUT2D eigenvalue weighted by Gasteiger charge is 2.31. The predicted octanol–water partition coefficient (Wildman–Crippen LogP) is 1.48. The van der Waals surface area contributed by atoms with E-state index in [4.69, 9.17) is 9.47 Å². The third-order valence-corrected chi connectivity index (χ3v) is 3.39. The van der Waals surface area contributed by atoms with E-state index in [9.17, 15) is 9.50 Å². The van der Waals surface area contributed by atoms with E-state index in [-0.39, 0.29) is 12.6 Å². The molecule has 0 radical (unpaired) electrons. The average Bonchev–Trinajstić information content (AvgIpc) is 2.79.